The Morgan fingerprint density at radius 2 is 1.94 bits per heavy atom. The zero-order chi connectivity index (χ0) is 21.8. The van der Waals surface area contributed by atoms with Crippen LogP contribution < -0.4 is 10.6 Å². The van der Waals surface area contributed by atoms with E-state index in [0.29, 0.717) is 22.2 Å². The predicted octanol–water partition coefficient (Wildman–Crippen LogP) is 4.03. The number of nitrogens with zero attached hydrogens (tertiary/aromatic N) is 2. The molecule has 2 heterocycles. The van der Waals surface area contributed by atoms with Crippen LogP contribution in [0.25, 0.3) is 11.1 Å². The fourth-order valence-corrected chi connectivity index (χ4v) is 3.69. The highest BCUT2D eigenvalue weighted by atomic mass is 32.2. The molecule has 0 bridgehead atoms. The van der Waals surface area contributed by atoms with E-state index in [1.165, 1.54) is 0 Å². The van der Waals surface area contributed by atoms with Crippen LogP contribution in [-0.4, -0.2) is 35.1 Å². The van der Waals surface area contributed by atoms with Crippen molar-refractivity contribution < 1.29 is 18.7 Å². The predicted molar refractivity (Wildman–Crippen MR) is 119 cm³/mol. The molecular formula is C22H20N4O4S. The van der Waals surface area contributed by atoms with Crippen LogP contribution in [0.5, 0.6) is 0 Å². The Morgan fingerprint density at radius 1 is 1.16 bits per heavy atom. The van der Waals surface area contributed by atoms with Gasteiger partial charge >= 0.3 is 5.97 Å². The minimum atomic E-state index is -0.564. The summed E-state index contributed by atoms with van der Waals surface area (Å²) in [5.74, 6) is -0.738. The third-order valence-corrected chi connectivity index (χ3v) is 5.24. The van der Waals surface area contributed by atoms with Gasteiger partial charge in [-0.15, -0.1) is 0 Å². The molecule has 0 fully saturated rings. The summed E-state index contributed by atoms with van der Waals surface area (Å²) >= 11 is 1.16. The maximum Gasteiger partial charge on any atom is 0.343 e. The summed E-state index contributed by atoms with van der Waals surface area (Å²) in [7, 11) is 0. The molecule has 1 aromatic heterocycles. The molecule has 8 nitrogen and oxygen atoms in total. The van der Waals surface area contributed by atoms with E-state index in [1.54, 1.807) is 19.9 Å². The van der Waals surface area contributed by atoms with Crippen molar-refractivity contribution in [2.24, 2.45) is 4.99 Å². The van der Waals surface area contributed by atoms with Gasteiger partial charge in [-0.1, -0.05) is 36.0 Å². The summed E-state index contributed by atoms with van der Waals surface area (Å²) in [6.45, 7) is 3.67. The van der Waals surface area contributed by atoms with Gasteiger partial charge in [-0.25, -0.2) is 14.8 Å². The highest BCUT2D eigenvalue weighted by Gasteiger charge is 2.26. The third-order valence-electron chi connectivity index (χ3n) is 4.41. The summed E-state index contributed by atoms with van der Waals surface area (Å²) in [5, 5.41) is 6.31. The van der Waals surface area contributed by atoms with Crippen LogP contribution in [0, 0.1) is 0 Å². The number of carbonyl (C=O) groups is 2. The average Bonchev–Trinajstić information content (AvgIpc) is 3.11. The van der Waals surface area contributed by atoms with Crippen LogP contribution in [0.2, 0.25) is 0 Å². The number of hydrogen-bond acceptors (Lipinski definition) is 8. The summed E-state index contributed by atoms with van der Waals surface area (Å²) in [6.07, 6.45) is 0. The Hall–Kier alpha value is -3.59. The topological polar surface area (TPSA) is 106 Å². The van der Waals surface area contributed by atoms with Crippen molar-refractivity contribution in [2.45, 2.75) is 19.1 Å². The van der Waals surface area contributed by atoms with Gasteiger partial charge in [-0.2, -0.15) is 0 Å². The van der Waals surface area contributed by atoms with E-state index in [9.17, 15) is 9.59 Å². The lowest BCUT2D eigenvalue weighted by Crippen LogP contribution is -2.36. The Balaban J connectivity index is 1.55. The molecule has 0 aliphatic carbocycles. The van der Waals surface area contributed by atoms with E-state index in [0.717, 1.165) is 23.0 Å². The van der Waals surface area contributed by atoms with E-state index < -0.39 is 5.97 Å². The molecule has 9 heteroatoms. The molecule has 4 rings (SSSR count). The molecule has 0 atom stereocenters. The zero-order valence-corrected chi connectivity index (χ0v) is 17.8. The summed E-state index contributed by atoms with van der Waals surface area (Å²) in [5.41, 5.74) is 3.43. The van der Waals surface area contributed by atoms with E-state index in [4.69, 9.17) is 9.15 Å². The van der Waals surface area contributed by atoms with Crippen LogP contribution in [0.3, 0.4) is 0 Å². The highest BCUT2D eigenvalue weighted by Crippen LogP contribution is 2.30. The van der Waals surface area contributed by atoms with Gasteiger partial charge < -0.3 is 19.8 Å². The average molecular weight is 436 g/mol. The molecule has 31 heavy (non-hydrogen) atoms. The van der Waals surface area contributed by atoms with Gasteiger partial charge in [0.15, 0.2) is 5.58 Å². The summed E-state index contributed by atoms with van der Waals surface area (Å²) in [4.78, 5) is 34.1. The zero-order valence-electron chi connectivity index (χ0n) is 17.0. The minimum Gasteiger partial charge on any atom is -0.462 e. The largest absolute Gasteiger partial charge is 0.462 e. The molecule has 3 aromatic rings. The number of para-hydroxylation sites is 4. The van der Waals surface area contributed by atoms with Crippen LogP contribution in [0.4, 0.5) is 11.4 Å². The Morgan fingerprint density at radius 3 is 2.74 bits per heavy atom. The number of rotatable bonds is 5. The van der Waals surface area contributed by atoms with Crippen molar-refractivity contribution in [3.05, 3.63) is 59.8 Å². The van der Waals surface area contributed by atoms with Crippen LogP contribution in [0.15, 0.2) is 74.4 Å². The smallest absolute Gasteiger partial charge is 0.343 e. The van der Waals surface area contributed by atoms with Crippen molar-refractivity contribution in [3.63, 3.8) is 0 Å². The number of amidine groups is 1. The number of carbonyl (C=O) groups excluding carboxylic acids is 2. The number of oxazole rings is 1. The van der Waals surface area contributed by atoms with Crippen molar-refractivity contribution >= 4 is 51.9 Å². The first kappa shape index (κ1) is 20.7. The number of anilines is 1. The molecule has 0 saturated heterocycles. The fourth-order valence-electron chi connectivity index (χ4n) is 3.05. The van der Waals surface area contributed by atoms with E-state index in [-0.39, 0.29) is 29.7 Å². The summed E-state index contributed by atoms with van der Waals surface area (Å²) < 4.78 is 10.8. The molecule has 0 radical (unpaired) electrons. The Labute approximate surface area is 182 Å². The normalized spacial score (nSPS) is 13.2. The second-order valence-electron chi connectivity index (χ2n) is 6.61. The van der Waals surface area contributed by atoms with Gasteiger partial charge in [-0.05, 0) is 38.1 Å². The SMILES string of the molecule is CCOC(=O)C1=C(C)Nc2ccccc2N=C1NC(=O)CSc1nc2ccccc2o1. The molecule has 2 aromatic carbocycles. The van der Waals surface area contributed by atoms with Crippen molar-refractivity contribution in [1.82, 2.24) is 10.3 Å². The maximum atomic E-state index is 12.7. The van der Waals surface area contributed by atoms with Gasteiger partial charge in [-0.3, -0.25) is 4.79 Å². The van der Waals surface area contributed by atoms with Gasteiger partial charge in [0.05, 0.1) is 23.7 Å². The minimum absolute atomic E-state index is 0.0378. The first-order valence-corrected chi connectivity index (χ1v) is 10.6. The molecule has 1 aliphatic rings. The number of benzene rings is 2. The maximum absolute atomic E-state index is 12.7. The number of aliphatic imine (C=N–C) groups is 1. The second-order valence-corrected chi connectivity index (χ2v) is 7.53. The fraction of sp³-hybridized carbons (Fsp3) is 0.182. The Bertz CT molecular complexity index is 1180. The lowest BCUT2D eigenvalue weighted by molar-refractivity contribution is -0.137. The summed E-state index contributed by atoms with van der Waals surface area (Å²) in [6, 6.07) is 14.7. The van der Waals surface area contributed by atoms with Gasteiger partial charge in [0.25, 0.3) is 5.22 Å². The van der Waals surface area contributed by atoms with Crippen LogP contribution in [0.1, 0.15) is 13.8 Å². The van der Waals surface area contributed by atoms with Gasteiger partial charge in [0.2, 0.25) is 5.91 Å². The molecule has 0 unspecified atom stereocenters. The number of amides is 1. The number of allylic oxidation sites excluding steroid dienone is 1. The van der Waals surface area contributed by atoms with Crippen LogP contribution in [-0.2, 0) is 14.3 Å². The van der Waals surface area contributed by atoms with Crippen molar-refractivity contribution in [1.29, 1.82) is 0 Å². The second kappa shape index (κ2) is 9.05. The highest BCUT2D eigenvalue weighted by molar-refractivity contribution is 7.99. The third kappa shape index (κ3) is 4.61. The molecule has 1 amide bonds. The first-order chi connectivity index (χ1) is 15.0. The van der Waals surface area contributed by atoms with Crippen LogP contribution >= 0.6 is 11.8 Å². The van der Waals surface area contributed by atoms with E-state index in [1.807, 2.05) is 42.5 Å². The lowest BCUT2D eigenvalue weighted by atomic mass is 10.2. The number of esters is 1. The molecule has 0 spiro atoms. The van der Waals surface area contributed by atoms with Gasteiger partial charge in [0, 0.05) is 5.70 Å². The number of nitrogens with one attached hydrogen (secondary N) is 2. The van der Waals surface area contributed by atoms with E-state index >= 15 is 0 Å². The van der Waals surface area contributed by atoms with Gasteiger partial charge in [0.1, 0.15) is 16.9 Å². The molecular weight excluding hydrogens is 416 g/mol. The monoisotopic (exact) mass is 436 g/mol. The van der Waals surface area contributed by atoms with Crippen molar-refractivity contribution in [3.8, 4) is 0 Å². The number of aromatic nitrogens is 1. The number of thioether (sulfide) groups is 1. The molecule has 2 N–H and O–H groups in total. The number of ether oxygens (including phenoxy) is 1. The molecule has 158 valence electrons. The molecule has 1 aliphatic heterocycles. The lowest BCUT2D eigenvalue weighted by Gasteiger charge is -2.13. The van der Waals surface area contributed by atoms with E-state index in [2.05, 4.69) is 20.6 Å². The number of hydrogen-bond donors (Lipinski definition) is 2. The number of fused-ring (bicyclic) bond motifs is 2. The standard InChI is InChI=1S/C22H20N4O4S/c1-3-29-21(28)19-13(2)23-14-8-4-5-9-15(14)24-20(19)26-18(27)12-31-22-25-16-10-6-7-11-17(16)30-22/h4-11,23H,3,12H2,1-2H3,(H,24,26,27). The quantitative estimate of drug-likeness (QED) is 0.459. The van der Waals surface area contributed by atoms with Crippen molar-refractivity contribution in [2.75, 3.05) is 17.7 Å². The first-order valence-electron chi connectivity index (χ1n) is 9.66. The Kier molecular flexibility index (Phi) is 6.03. The molecule has 0 saturated carbocycles.